The van der Waals surface area contributed by atoms with Gasteiger partial charge >= 0.3 is 0 Å². The second kappa shape index (κ2) is 7.65. The van der Waals surface area contributed by atoms with Gasteiger partial charge in [0.05, 0.1) is 5.92 Å². The minimum Gasteiger partial charge on any atom is -0.330 e. The molecule has 0 spiro atoms. The Labute approximate surface area is 119 Å². The zero-order chi connectivity index (χ0) is 15.1. The highest BCUT2D eigenvalue weighted by Crippen LogP contribution is 2.16. The van der Waals surface area contributed by atoms with Crippen LogP contribution in [0.4, 0.5) is 11.4 Å². The molecule has 0 aliphatic rings. The molecule has 5 nitrogen and oxygen atoms in total. The first kappa shape index (κ1) is 16.2. The van der Waals surface area contributed by atoms with E-state index in [-0.39, 0.29) is 17.7 Å². The first-order valence-electron chi connectivity index (χ1n) is 6.81. The molecule has 0 radical (unpaired) electrons. The van der Waals surface area contributed by atoms with Crippen LogP contribution in [0.25, 0.3) is 0 Å². The molecular formula is C15H23N3O2. The van der Waals surface area contributed by atoms with E-state index in [4.69, 9.17) is 5.73 Å². The lowest BCUT2D eigenvalue weighted by atomic mass is 9.96. The van der Waals surface area contributed by atoms with Crippen LogP contribution in [0.3, 0.4) is 0 Å². The average Bonchev–Trinajstić information content (AvgIpc) is 2.37. The smallest absolute Gasteiger partial charge is 0.228 e. The number of anilines is 2. The molecule has 0 heterocycles. The summed E-state index contributed by atoms with van der Waals surface area (Å²) >= 11 is 0. The number of carbonyl (C=O) groups excluding carboxylic acids is 2. The summed E-state index contributed by atoms with van der Waals surface area (Å²) in [6.45, 7) is 5.93. The van der Waals surface area contributed by atoms with Crippen LogP contribution in [-0.4, -0.2) is 18.4 Å². The topological polar surface area (TPSA) is 84.2 Å². The first-order chi connectivity index (χ1) is 9.42. The van der Waals surface area contributed by atoms with Gasteiger partial charge in [0.1, 0.15) is 0 Å². The van der Waals surface area contributed by atoms with Gasteiger partial charge in [0.2, 0.25) is 11.8 Å². The van der Waals surface area contributed by atoms with E-state index in [0.717, 1.165) is 6.42 Å². The molecule has 0 bridgehead atoms. The van der Waals surface area contributed by atoms with Crippen LogP contribution in [0, 0.1) is 11.8 Å². The molecule has 1 aromatic rings. The Bertz CT molecular complexity index is 455. The summed E-state index contributed by atoms with van der Waals surface area (Å²) < 4.78 is 0. The van der Waals surface area contributed by atoms with Gasteiger partial charge in [-0.3, -0.25) is 9.59 Å². The van der Waals surface area contributed by atoms with Crippen molar-refractivity contribution in [3.63, 3.8) is 0 Å². The van der Waals surface area contributed by atoms with E-state index < -0.39 is 0 Å². The van der Waals surface area contributed by atoms with Crippen molar-refractivity contribution < 1.29 is 9.59 Å². The zero-order valence-corrected chi connectivity index (χ0v) is 12.3. The van der Waals surface area contributed by atoms with Crippen molar-refractivity contribution in [1.29, 1.82) is 0 Å². The summed E-state index contributed by atoms with van der Waals surface area (Å²) in [4.78, 5) is 23.0. The van der Waals surface area contributed by atoms with Gasteiger partial charge in [-0.1, -0.05) is 13.8 Å². The molecule has 110 valence electrons. The molecule has 1 aromatic carbocycles. The van der Waals surface area contributed by atoms with Crippen LogP contribution in [0.2, 0.25) is 0 Å². The van der Waals surface area contributed by atoms with Gasteiger partial charge in [0, 0.05) is 24.8 Å². The molecule has 2 amide bonds. The van der Waals surface area contributed by atoms with Gasteiger partial charge in [0.25, 0.3) is 0 Å². The van der Waals surface area contributed by atoms with Crippen molar-refractivity contribution in [2.45, 2.75) is 27.2 Å². The van der Waals surface area contributed by atoms with Gasteiger partial charge in [-0.05, 0) is 36.6 Å². The highest BCUT2D eigenvalue weighted by Gasteiger charge is 2.18. The molecule has 0 aliphatic heterocycles. The molecule has 5 heteroatoms. The average molecular weight is 277 g/mol. The third kappa shape index (κ3) is 5.40. The van der Waals surface area contributed by atoms with E-state index in [2.05, 4.69) is 24.5 Å². The molecule has 0 fully saturated rings. The fraction of sp³-hybridized carbons (Fsp3) is 0.467. The van der Waals surface area contributed by atoms with Crippen LogP contribution in [0.15, 0.2) is 24.3 Å². The molecule has 0 saturated heterocycles. The summed E-state index contributed by atoms with van der Waals surface area (Å²) in [5.41, 5.74) is 7.05. The SMILES string of the molecule is CC(=O)Nc1ccc(NC(=O)C(CN)CC(C)C)cc1. The number of nitrogens with one attached hydrogen (secondary N) is 2. The molecule has 4 N–H and O–H groups in total. The Balaban J connectivity index is 2.63. The van der Waals surface area contributed by atoms with Gasteiger partial charge in [-0.15, -0.1) is 0 Å². The maximum absolute atomic E-state index is 12.1. The standard InChI is InChI=1S/C15H23N3O2/c1-10(2)8-12(9-16)15(20)18-14-6-4-13(5-7-14)17-11(3)19/h4-7,10,12H,8-9,16H2,1-3H3,(H,17,19)(H,18,20). The number of nitrogens with two attached hydrogens (primary N) is 1. The van der Waals surface area contributed by atoms with Crippen LogP contribution in [0.1, 0.15) is 27.2 Å². The zero-order valence-electron chi connectivity index (χ0n) is 12.3. The molecule has 0 aliphatic carbocycles. The second-order valence-corrected chi connectivity index (χ2v) is 5.31. The summed E-state index contributed by atoms with van der Waals surface area (Å²) in [5.74, 6) is 0.0665. The van der Waals surface area contributed by atoms with E-state index >= 15 is 0 Å². The first-order valence-corrected chi connectivity index (χ1v) is 6.81. The molecular weight excluding hydrogens is 254 g/mol. The largest absolute Gasteiger partial charge is 0.330 e. The van der Waals surface area contributed by atoms with Crippen molar-refractivity contribution in [2.24, 2.45) is 17.6 Å². The number of hydrogen-bond donors (Lipinski definition) is 3. The summed E-state index contributed by atoms with van der Waals surface area (Å²) in [5, 5.41) is 5.52. The molecule has 1 atom stereocenters. The molecule has 0 aromatic heterocycles. The van der Waals surface area contributed by atoms with E-state index in [1.54, 1.807) is 24.3 Å². The second-order valence-electron chi connectivity index (χ2n) is 5.31. The maximum atomic E-state index is 12.1. The highest BCUT2D eigenvalue weighted by molar-refractivity contribution is 5.93. The number of benzene rings is 1. The van der Waals surface area contributed by atoms with Crippen LogP contribution in [-0.2, 0) is 9.59 Å². The molecule has 1 rings (SSSR count). The Morgan fingerprint density at radius 2 is 1.60 bits per heavy atom. The van der Waals surface area contributed by atoms with Crippen LogP contribution in [0.5, 0.6) is 0 Å². The molecule has 0 saturated carbocycles. The molecule has 20 heavy (non-hydrogen) atoms. The third-order valence-corrected chi connectivity index (χ3v) is 2.88. The maximum Gasteiger partial charge on any atom is 0.228 e. The van der Waals surface area contributed by atoms with Gasteiger partial charge in [-0.2, -0.15) is 0 Å². The Hall–Kier alpha value is -1.88. The lowest BCUT2D eigenvalue weighted by molar-refractivity contribution is -0.120. The quantitative estimate of drug-likeness (QED) is 0.745. The van der Waals surface area contributed by atoms with E-state index in [9.17, 15) is 9.59 Å². The van der Waals surface area contributed by atoms with Gasteiger partial charge < -0.3 is 16.4 Å². The monoisotopic (exact) mass is 277 g/mol. The van der Waals surface area contributed by atoms with Gasteiger partial charge in [-0.25, -0.2) is 0 Å². The van der Waals surface area contributed by atoms with Crippen molar-refractivity contribution in [1.82, 2.24) is 0 Å². The fourth-order valence-corrected chi connectivity index (χ4v) is 1.96. The van der Waals surface area contributed by atoms with Crippen LogP contribution >= 0.6 is 0 Å². The lowest BCUT2D eigenvalue weighted by Crippen LogP contribution is -2.30. The normalized spacial score (nSPS) is 12.1. The fourth-order valence-electron chi connectivity index (χ4n) is 1.96. The van der Waals surface area contributed by atoms with E-state index in [0.29, 0.717) is 23.8 Å². The number of amides is 2. The Kier molecular flexibility index (Phi) is 6.18. The summed E-state index contributed by atoms with van der Waals surface area (Å²) in [7, 11) is 0. The van der Waals surface area contributed by atoms with Crippen molar-refractivity contribution in [3.05, 3.63) is 24.3 Å². The predicted octanol–water partition coefficient (Wildman–Crippen LogP) is 2.20. The summed E-state index contributed by atoms with van der Waals surface area (Å²) in [6.07, 6.45) is 0.770. The number of rotatable bonds is 6. The molecule has 1 unspecified atom stereocenters. The highest BCUT2D eigenvalue weighted by atomic mass is 16.2. The minimum atomic E-state index is -0.176. The van der Waals surface area contributed by atoms with Crippen molar-refractivity contribution >= 4 is 23.2 Å². The van der Waals surface area contributed by atoms with E-state index in [1.807, 2.05) is 0 Å². The van der Waals surface area contributed by atoms with Crippen molar-refractivity contribution in [3.8, 4) is 0 Å². The van der Waals surface area contributed by atoms with Crippen LogP contribution < -0.4 is 16.4 Å². The minimum absolute atomic E-state index is 0.0616. The van der Waals surface area contributed by atoms with E-state index in [1.165, 1.54) is 6.92 Å². The number of hydrogen-bond acceptors (Lipinski definition) is 3. The predicted molar refractivity (Wildman–Crippen MR) is 81.4 cm³/mol. The Morgan fingerprint density at radius 3 is 2.00 bits per heavy atom. The third-order valence-electron chi connectivity index (χ3n) is 2.88. The summed E-state index contributed by atoms with van der Waals surface area (Å²) in [6, 6.07) is 7.01. The Morgan fingerprint density at radius 1 is 1.10 bits per heavy atom. The van der Waals surface area contributed by atoms with Gasteiger partial charge in [0.15, 0.2) is 0 Å². The van der Waals surface area contributed by atoms with Crippen molar-refractivity contribution in [2.75, 3.05) is 17.2 Å². The number of carbonyl (C=O) groups is 2. The lowest BCUT2D eigenvalue weighted by Gasteiger charge is -2.17.